The lowest BCUT2D eigenvalue weighted by atomic mass is 9.91. The summed E-state index contributed by atoms with van der Waals surface area (Å²) in [5.74, 6) is 0.240. The van der Waals surface area contributed by atoms with Gasteiger partial charge < -0.3 is 5.73 Å². The molecule has 1 rings (SSSR count). The maximum atomic E-state index is 13.3. The summed E-state index contributed by atoms with van der Waals surface area (Å²) in [6, 6.07) is 5.23. The Kier molecular flexibility index (Phi) is 4.28. The standard InChI is InChI=1S/C13H20FN/c1-4-5-10(3)13(15)11-7-6-9(2)12(14)8-11/h6-8,10,13H,4-5,15H2,1-3H3. The Morgan fingerprint density at radius 3 is 2.60 bits per heavy atom. The van der Waals surface area contributed by atoms with E-state index in [0.29, 0.717) is 11.5 Å². The largest absolute Gasteiger partial charge is 0.324 e. The van der Waals surface area contributed by atoms with Crippen molar-refractivity contribution in [3.63, 3.8) is 0 Å². The predicted octanol–water partition coefficient (Wildman–Crippen LogP) is 3.57. The monoisotopic (exact) mass is 209 g/mol. The van der Waals surface area contributed by atoms with Crippen LogP contribution in [0, 0.1) is 18.7 Å². The van der Waals surface area contributed by atoms with Crippen LogP contribution in [-0.4, -0.2) is 0 Å². The molecule has 2 heteroatoms. The second-order valence-corrected chi connectivity index (χ2v) is 4.30. The van der Waals surface area contributed by atoms with E-state index in [1.165, 1.54) is 0 Å². The lowest BCUT2D eigenvalue weighted by Gasteiger charge is -2.20. The molecule has 0 saturated heterocycles. The van der Waals surface area contributed by atoms with Gasteiger partial charge in [0.05, 0.1) is 0 Å². The minimum Gasteiger partial charge on any atom is -0.324 e. The molecule has 0 aliphatic heterocycles. The molecule has 0 bridgehead atoms. The van der Waals surface area contributed by atoms with Gasteiger partial charge >= 0.3 is 0 Å². The Bertz CT molecular complexity index is 322. The van der Waals surface area contributed by atoms with E-state index in [1.807, 2.05) is 6.07 Å². The third-order valence-electron chi connectivity index (χ3n) is 2.94. The van der Waals surface area contributed by atoms with Crippen molar-refractivity contribution < 1.29 is 4.39 Å². The number of hydrogen-bond donors (Lipinski definition) is 1. The molecule has 0 fully saturated rings. The average molecular weight is 209 g/mol. The fraction of sp³-hybridized carbons (Fsp3) is 0.538. The molecule has 15 heavy (non-hydrogen) atoms. The van der Waals surface area contributed by atoms with Crippen molar-refractivity contribution in [1.82, 2.24) is 0 Å². The molecule has 2 unspecified atom stereocenters. The van der Waals surface area contributed by atoms with Crippen LogP contribution in [0.25, 0.3) is 0 Å². The van der Waals surface area contributed by atoms with Crippen LogP contribution in [0.5, 0.6) is 0 Å². The molecule has 1 aromatic carbocycles. The first-order valence-electron chi connectivity index (χ1n) is 5.58. The van der Waals surface area contributed by atoms with Gasteiger partial charge in [-0.1, -0.05) is 32.4 Å². The lowest BCUT2D eigenvalue weighted by Crippen LogP contribution is -2.19. The minimum absolute atomic E-state index is 0.0555. The zero-order valence-electron chi connectivity index (χ0n) is 9.76. The van der Waals surface area contributed by atoms with Crippen molar-refractivity contribution in [2.45, 2.75) is 39.7 Å². The van der Waals surface area contributed by atoms with Crippen molar-refractivity contribution in [1.29, 1.82) is 0 Å². The van der Waals surface area contributed by atoms with Crippen LogP contribution in [-0.2, 0) is 0 Å². The molecule has 0 aliphatic rings. The first kappa shape index (κ1) is 12.2. The summed E-state index contributed by atoms with van der Waals surface area (Å²) in [7, 11) is 0. The SMILES string of the molecule is CCCC(C)C(N)c1ccc(C)c(F)c1. The molecular formula is C13H20FN. The fourth-order valence-electron chi connectivity index (χ4n) is 1.78. The molecule has 0 radical (unpaired) electrons. The van der Waals surface area contributed by atoms with E-state index < -0.39 is 0 Å². The first-order chi connectivity index (χ1) is 7.06. The quantitative estimate of drug-likeness (QED) is 0.806. The maximum Gasteiger partial charge on any atom is 0.126 e. The Morgan fingerprint density at radius 1 is 1.40 bits per heavy atom. The normalized spacial score (nSPS) is 15.0. The molecule has 0 amide bonds. The van der Waals surface area contributed by atoms with Gasteiger partial charge in [-0.15, -0.1) is 0 Å². The van der Waals surface area contributed by atoms with E-state index in [9.17, 15) is 4.39 Å². The highest BCUT2D eigenvalue weighted by Gasteiger charge is 2.14. The minimum atomic E-state index is -0.161. The zero-order chi connectivity index (χ0) is 11.4. The molecule has 0 heterocycles. The van der Waals surface area contributed by atoms with Crippen LogP contribution < -0.4 is 5.73 Å². The van der Waals surface area contributed by atoms with Gasteiger partial charge in [-0.05, 0) is 36.5 Å². The predicted molar refractivity (Wildman–Crippen MR) is 62.1 cm³/mol. The number of aryl methyl sites for hydroxylation is 1. The van der Waals surface area contributed by atoms with Crippen molar-refractivity contribution in [3.8, 4) is 0 Å². The van der Waals surface area contributed by atoms with Crippen LogP contribution in [0.2, 0.25) is 0 Å². The van der Waals surface area contributed by atoms with Crippen molar-refractivity contribution in [2.75, 3.05) is 0 Å². The summed E-state index contributed by atoms with van der Waals surface area (Å²) < 4.78 is 13.3. The molecule has 2 atom stereocenters. The van der Waals surface area contributed by atoms with Crippen LogP contribution >= 0.6 is 0 Å². The summed E-state index contributed by atoms with van der Waals surface area (Å²) in [4.78, 5) is 0. The van der Waals surface area contributed by atoms with E-state index >= 15 is 0 Å². The van der Waals surface area contributed by atoms with Gasteiger partial charge in [0.1, 0.15) is 5.82 Å². The van der Waals surface area contributed by atoms with Gasteiger partial charge in [-0.3, -0.25) is 0 Å². The fourth-order valence-corrected chi connectivity index (χ4v) is 1.78. The second kappa shape index (κ2) is 5.26. The van der Waals surface area contributed by atoms with Gasteiger partial charge in [-0.2, -0.15) is 0 Å². The van der Waals surface area contributed by atoms with Gasteiger partial charge in [-0.25, -0.2) is 4.39 Å². The Labute approximate surface area is 91.5 Å². The highest BCUT2D eigenvalue weighted by atomic mass is 19.1. The second-order valence-electron chi connectivity index (χ2n) is 4.30. The van der Waals surface area contributed by atoms with Crippen LogP contribution in [0.3, 0.4) is 0 Å². The van der Waals surface area contributed by atoms with E-state index in [-0.39, 0.29) is 11.9 Å². The van der Waals surface area contributed by atoms with E-state index in [1.54, 1.807) is 19.1 Å². The molecule has 0 aliphatic carbocycles. The average Bonchev–Trinajstić information content (AvgIpc) is 2.21. The Morgan fingerprint density at radius 2 is 2.07 bits per heavy atom. The Hall–Kier alpha value is -0.890. The summed E-state index contributed by atoms with van der Waals surface area (Å²) in [6.45, 7) is 6.02. The topological polar surface area (TPSA) is 26.0 Å². The number of rotatable bonds is 4. The van der Waals surface area contributed by atoms with Crippen LogP contribution in [0.15, 0.2) is 18.2 Å². The highest BCUT2D eigenvalue weighted by Crippen LogP contribution is 2.24. The van der Waals surface area contributed by atoms with Crippen LogP contribution in [0.4, 0.5) is 4.39 Å². The van der Waals surface area contributed by atoms with Crippen LogP contribution in [0.1, 0.15) is 43.9 Å². The van der Waals surface area contributed by atoms with Crippen molar-refractivity contribution in [3.05, 3.63) is 35.1 Å². The first-order valence-corrected chi connectivity index (χ1v) is 5.58. The van der Waals surface area contributed by atoms with Crippen molar-refractivity contribution in [2.24, 2.45) is 11.7 Å². The lowest BCUT2D eigenvalue weighted by molar-refractivity contribution is 0.432. The summed E-state index contributed by atoms with van der Waals surface area (Å²) in [6.07, 6.45) is 2.19. The molecule has 2 N–H and O–H groups in total. The molecule has 1 aromatic rings. The van der Waals surface area contributed by atoms with E-state index in [0.717, 1.165) is 18.4 Å². The third-order valence-corrected chi connectivity index (χ3v) is 2.94. The molecule has 1 nitrogen and oxygen atoms in total. The number of nitrogens with two attached hydrogens (primary N) is 1. The molecule has 0 aromatic heterocycles. The van der Waals surface area contributed by atoms with Gasteiger partial charge in [0, 0.05) is 6.04 Å². The summed E-state index contributed by atoms with van der Waals surface area (Å²) >= 11 is 0. The molecular weight excluding hydrogens is 189 g/mol. The van der Waals surface area contributed by atoms with Gasteiger partial charge in [0.2, 0.25) is 0 Å². The van der Waals surface area contributed by atoms with E-state index in [4.69, 9.17) is 5.73 Å². The number of hydrogen-bond acceptors (Lipinski definition) is 1. The molecule has 0 spiro atoms. The zero-order valence-corrected chi connectivity index (χ0v) is 9.76. The smallest absolute Gasteiger partial charge is 0.126 e. The summed E-state index contributed by atoms with van der Waals surface area (Å²) in [5, 5.41) is 0. The molecule has 84 valence electrons. The third kappa shape index (κ3) is 3.03. The van der Waals surface area contributed by atoms with Gasteiger partial charge in [0.15, 0.2) is 0 Å². The van der Waals surface area contributed by atoms with Gasteiger partial charge in [0.25, 0.3) is 0 Å². The maximum absolute atomic E-state index is 13.3. The molecule has 0 saturated carbocycles. The Balaban J connectivity index is 2.81. The highest BCUT2D eigenvalue weighted by molar-refractivity contribution is 5.25. The summed E-state index contributed by atoms with van der Waals surface area (Å²) in [5.41, 5.74) is 7.65. The van der Waals surface area contributed by atoms with Crippen molar-refractivity contribution >= 4 is 0 Å². The number of benzene rings is 1. The van der Waals surface area contributed by atoms with E-state index in [2.05, 4.69) is 13.8 Å². The number of halogens is 1.